The van der Waals surface area contributed by atoms with Crippen molar-refractivity contribution in [2.45, 2.75) is 0 Å². The summed E-state index contributed by atoms with van der Waals surface area (Å²) in [7, 11) is 0. The summed E-state index contributed by atoms with van der Waals surface area (Å²) in [6.07, 6.45) is 6.60. The molecule has 8 nitrogen and oxygen atoms in total. The molecular formula is C56H38N4O4. The smallest absolute Gasteiger partial charge is 0.124 e. The van der Waals surface area contributed by atoms with E-state index in [0.717, 1.165) is 54.2 Å². The molecule has 0 atom stereocenters. The summed E-state index contributed by atoms with van der Waals surface area (Å²) >= 11 is 0. The van der Waals surface area contributed by atoms with E-state index in [1.54, 1.807) is 49.1 Å². The van der Waals surface area contributed by atoms with E-state index >= 15 is 0 Å². The van der Waals surface area contributed by atoms with Gasteiger partial charge in [0.15, 0.2) is 0 Å². The number of phenolic OH excluding ortho intramolecular Hbond substituents is 4. The first kappa shape index (κ1) is 39.3. The van der Waals surface area contributed by atoms with Crippen molar-refractivity contribution in [3.63, 3.8) is 0 Å². The number of aliphatic imine (C=N–C) groups is 4. The molecule has 4 N–H and O–H groups in total. The molecule has 64 heavy (non-hydrogen) atoms. The number of benzene rings is 10. The Bertz CT molecular complexity index is 3340. The van der Waals surface area contributed by atoms with Crippen LogP contribution in [0.25, 0.3) is 54.2 Å². The third-order valence-electron chi connectivity index (χ3n) is 11.4. The maximum absolute atomic E-state index is 11.0. The molecule has 0 saturated carbocycles. The van der Waals surface area contributed by atoms with E-state index in [4.69, 9.17) is 20.0 Å². The quantitative estimate of drug-likeness (QED) is 0.108. The van der Waals surface area contributed by atoms with Gasteiger partial charge in [-0.2, -0.15) is 0 Å². The highest BCUT2D eigenvalue weighted by atomic mass is 16.3. The number of aromatic hydroxyl groups is 4. The lowest BCUT2D eigenvalue weighted by atomic mass is 10.0. The molecular weight excluding hydrogens is 793 g/mol. The van der Waals surface area contributed by atoms with Gasteiger partial charge >= 0.3 is 0 Å². The van der Waals surface area contributed by atoms with E-state index in [2.05, 4.69) is 0 Å². The monoisotopic (exact) mass is 830 g/mol. The fourth-order valence-corrected chi connectivity index (χ4v) is 8.05. The molecule has 0 aliphatic carbocycles. The second-order valence-electron chi connectivity index (χ2n) is 15.3. The van der Waals surface area contributed by atoms with Crippen LogP contribution in [0.5, 0.6) is 23.0 Å². The molecule has 10 rings (SSSR count). The van der Waals surface area contributed by atoms with Crippen LogP contribution in [-0.2, 0) is 0 Å². The molecule has 0 spiro atoms. The molecule has 0 saturated heterocycles. The molecule has 8 heteroatoms. The summed E-state index contributed by atoms with van der Waals surface area (Å²) < 4.78 is 0. The van der Waals surface area contributed by atoms with Gasteiger partial charge in [-0.15, -0.1) is 0 Å². The van der Waals surface area contributed by atoms with E-state index in [0.29, 0.717) is 45.0 Å². The van der Waals surface area contributed by atoms with E-state index in [1.165, 1.54) is 0 Å². The van der Waals surface area contributed by atoms with Crippen LogP contribution in [0.1, 0.15) is 22.3 Å². The maximum atomic E-state index is 11.0. The SMILES string of the molecule is Oc1ccc2ccccc2c1C=Nc1ccc(-c2ccc(N=Cc3c(O)ccc4ccccc34)c(N=Cc3c(O)ccc4ccccc34)c2)cc1N=Cc1c(O)ccc2ccccc12. The van der Waals surface area contributed by atoms with Gasteiger partial charge in [0.05, 0.1) is 22.7 Å². The summed E-state index contributed by atoms with van der Waals surface area (Å²) in [5, 5.41) is 51.2. The Morgan fingerprint density at radius 1 is 0.266 bits per heavy atom. The third-order valence-corrected chi connectivity index (χ3v) is 11.4. The molecule has 0 bridgehead atoms. The van der Waals surface area contributed by atoms with E-state index in [-0.39, 0.29) is 23.0 Å². The van der Waals surface area contributed by atoms with E-state index < -0.39 is 0 Å². The van der Waals surface area contributed by atoms with Gasteiger partial charge in [-0.25, -0.2) is 0 Å². The molecule has 0 unspecified atom stereocenters. The standard InChI is InChI=1S/C56H38N4O4/c61-53-25-19-35-9-1-5-13-41(35)45(53)31-57-49-23-17-39(29-51(49)59-33-47-43-15-7-3-11-37(43)21-27-55(47)63)40-18-24-50(58-32-46-42-14-6-2-10-36(42)20-26-54(46)62)52(30-40)60-34-48-44-16-8-4-12-38(44)22-28-56(48)64/h1-34,61-64H. The highest BCUT2D eigenvalue weighted by molar-refractivity contribution is 6.07. The number of nitrogens with zero attached hydrogens (tertiary/aromatic N) is 4. The fraction of sp³-hybridized carbons (Fsp3) is 0. The average Bonchev–Trinajstić information content (AvgIpc) is 3.33. The normalized spacial score (nSPS) is 12.1. The Kier molecular flexibility index (Phi) is 10.4. The zero-order chi connectivity index (χ0) is 43.6. The molecule has 0 amide bonds. The molecule has 306 valence electrons. The van der Waals surface area contributed by atoms with Crippen molar-refractivity contribution in [1.29, 1.82) is 0 Å². The van der Waals surface area contributed by atoms with Crippen molar-refractivity contribution in [3.8, 4) is 34.1 Å². The summed E-state index contributed by atoms with van der Waals surface area (Å²) in [5.74, 6) is 0.398. The van der Waals surface area contributed by atoms with Gasteiger partial charge in [-0.05, 0) is 103 Å². The van der Waals surface area contributed by atoms with Gasteiger partial charge in [0.25, 0.3) is 0 Å². The fourth-order valence-electron chi connectivity index (χ4n) is 8.05. The number of rotatable bonds is 9. The van der Waals surface area contributed by atoms with Crippen LogP contribution < -0.4 is 0 Å². The molecule has 0 aliphatic heterocycles. The van der Waals surface area contributed by atoms with Crippen LogP contribution in [0.2, 0.25) is 0 Å². The lowest BCUT2D eigenvalue weighted by Gasteiger charge is -2.10. The Morgan fingerprint density at radius 2 is 0.531 bits per heavy atom. The van der Waals surface area contributed by atoms with Gasteiger partial charge in [0.2, 0.25) is 0 Å². The second-order valence-corrected chi connectivity index (χ2v) is 15.3. The lowest BCUT2D eigenvalue weighted by molar-refractivity contribution is 0.475. The molecule has 10 aromatic rings. The van der Waals surface area contributed by atoms with E-state index in [9.17, 15) is 20.4 Å². The first-order chi connectivity index (χ1) is 31.4. The van der Waals surface area contributed by atoms with Crippen molar-refractivity contribution >= 4 is 90.7 Å². The predicted molar refractivity (Wildman–Crippen MR) is 263 cm³/mol. The molecule has 0 aromatic heterocycles. The Morgan fingerprint density at radius 3 is 0.828 bits per heavy atom. The minimum atomic E-state index is 0.0945. The van der Waals surface area contributed by atoms with Crippen molar-refractivity contribution in [1.82, 2.24) is 0 Å². The molecule has 0 radical (unpaired) electrons. The first-order valence-electron chi connectivity index (χ1n) is 20.7. The van der Waals surface area contributed by atoms with Crippen molar-refractivity contribution in [3.05, 3.63) is 204 Å². The van der Waals surface area contributed by atoms with Crippen LogP contribution in [0, 0.1) is 0 Å². The molecule has 10 aromatic carbocycles. The summed E-state index contributed by atoms with van der Waals surface area (Å²) in [5.41, 5.74) is 5.99. The van der Waals surface area contributed by atoms with Crippen LogP contribution in [-0.4, -0.2) is 45.3 Å². The summed E-state index contributed by atoms with van der Waals surface area (Å²) in [6, 6.07) is 56.8. The Balaban J connectivity index is 1.11. The highest BCUT2D eigenvalue weighted by Gasteiger charge is 2.13. The highest BCUT2D eigenvalue weighted by Crippen LogP contribution is 2.39. The second kappa shape index (κ2) is 16.9. The largest absolute Gasteiger partial charge is 0.507 e. The minimum Gasteiger partial charge on any atom is -0.507 e. The van der Waals surface area contributed by atoms with Crippen LogP contribution >= 0.6 is 0 Å². The number of hydrogen-bond acceptors (Lipinski definition) is 8. The van der Waals surface area contributed by atoms with Crippen LogP contribution in [0.4, 0.5) is 22.7 Å². The summed E-state index contributed by atoms with van der Waals surface area (Å²) in [6.45, 7) is 0. The lowest BCUT2D eigenvalue weighted by Crippen LogP contribution is -1.88. The average molecular weight is 831 g/mol. The topological polar surface area (TPSA) is 130 Å². The van der Waals surface area contributed by atoms with Gasteiger partial charge in [-0.1, -0.05) is 133 Å². The first-order valence-corrected chi connectivity index (χ1v) is 20.7. The van der Waals surface area contributed by atoms with Crippen molar-refractivity contribution in [2.75, 3.05) is 0 Å². The van der Waals surface area contributed by atoms with Crippen molar-refractivity contribution < 1.29 is 20.4 Å². The van der Waals surface area contributed by atoms with Gasteiger partial charge in [-0.3, -0.25) is 20.0 Å². The zero-order valence-corrected chi connectivity index (χ0v) is 34.2. The third kappa shape index (κ3) is 7.67. The van der Waals surface area contributed by atoms with E-state index in [1.807, 2.05) is 158 Å². The maximum Gasteiger partial charge on any atom is 0.124 e. The summed E-state index contributed by atoms with van der Waals surface area (Å²) in [4.78, 5) is 19.7. The molecule has 0 heterocycles. The molecule has 0 aliphatic rings. The van der Waals surface area contributed by atoms with Gasteiger partial charge in [0, 0.05) is 47.1 Å². The predicted octanol–water partition coefficient (Wildman–Crippen LogP) is 13.8. The van der Waals surface area contributed by atoms with Gasteiger partial charge in [0.1, 0.15) is 23.0 Å². The van der Waals surface area contributed by atoms with Crippen LogP contribution in [0.15, 0.2) is 202 Å². The molecule has 0 fully saturated rings. The van der Waals surface area contributed by atoms with Crippen molar-refractivity contribution in [2.24, 2.45) is 20.0 Å². The van der Waals surface area contributed by atoms with Crippen LogP contribution in [0.3, 0.4) is 0 Å². The number of hydrogen-bond donors (Lipinski definition) is 4. The Labute approximate surface area is 368 Å². The zero-order valence-electron chi connectivity index (χ0n) is 34.2. The number of phenols is 4. The Hall–Kier alpha value is -8.88. The minimum absolute atomic E-state index is 0.0945. The van der Waals surface area contributed by atoms with Gasteiger partial charge < -0.3 is 20.4 Å². The number of fused-ring (bicyclic) bond motifs is 4.